The average molecular weight is 253 g/mol. The van der Waals surface area contributed by atoms with Crippen molar-refractivity contribution in [3.8, 4) is 0 Å². The second kappa shape index (κ2) is 4.69. The zero-order valence-corrected chi connectivity index (χ0v) is 11.1. The molecule has 0 amide bonds. The SMILES string of the molecule is CC(C)S(=O)(=O)CC1CCNc2ccccc21. The summed E-state index contributed by atoms with van der Waals surface area (Å²) in [7, 11) is -2.97. The van der Waals surface area contributed by atoms with E-state index >= 15 is 0 Å². The molecule has 1 aromatic rings. The van der Waals surface area contributed by atoms with Crippen LogP contribution in [0.3, 0.4) is 0 Å². The molecule has 1 aliphatic rings. The van der Waals surface area contributed by atoms with Gasteiger partial charge >= 0.3 is 0 Å². The molecule has 1 aliphatic heterocycles. The zero-order chi connectivity index (χ0) is 12.5. The molecular weight excluding hydrogens is 234 g/mol. The number of para-hydroxylation sites is 1. The summed E-state index contributed by atoms with van der Waals surface area (Å²) in [5.41, 5.74) is 2.23. The highest BCUT2D eigenvalue weighted by Gasteiger charge is 2.26. The summed E-state index contributed by atoms with van der Waals surface area (Å²) in [6, 6.07) is 8.00. The summed E-state index contributed by atoms with van der Waals surface area (Å²) in [5.74, 6) is 0.406. The third-order valence-electron chi connectivity index (χ3n) is 3.36. The lowest BCUT2D eigenvalue weighted by molar-refractivity contribution is 0.573. The summed E-state index contributed by atoms with van der Waals surface area (Å²) < 4.78 is 24.0. The number of hydrogen-bond acceptors (Lipinski definition) is 3. The van der Waals surface area contributed by atoms with Crippen LogP contribution in [0.1, 0.15) is 31.7 Å². The van der Waals surface area contributed by atoms with E-state index in [0.29, 0.717) is 0 Å². The molecule has 0 bridgehead atoms. The summed E-state index contributed by atoms with van der Waals surface area (Å²) in [5, 5.41) is 3.03. The van der Waals surface area contributed by atoms with Crippen LogP contribution >= 0.6 is 0 Å². The molecular formula is C13H19NO2S. The van der Waals surface area contributed by atoms with E-state index in [-0.39, 0.29) is 16.9 Å². The van der Waals surface area contributed by atoms with Gasteiger partial charge < -0.3 is 5.32 Å². The lowest BCUT2D eigenvalue weighted by atomic mass is 9.93. The quantitative estimate of drug-likeness (QED) is 0.899. The Kier molecular flexibility index (Phi) is 3.43. The summed E-state index contributed by atoms with van der Waals surface area (Å²) in [4.78, 5) is 0. The highest BCUT2D eigenvalue weighted by molar-refractivity contribution is 7.92. The number of benzene rings is 1. The molecule has 0 saturated carbocycles. The van der Waals surface area contributed by atoms with Crippen LogP contribution < -0.4 is 5.32 Å². The van der Waals surface area contributed by atoms with Gasteiger partial charge in [0.15, 0.2) is 9.84 Å². The molecule has 0 saturated heterocycles. The molecule has 4 heteroatoms. The van der Waals surface area contributed by atoms with Crippen LogP contribution in [0.15, 0.2) is 24.3 Å². The first-order chi connectivity index (χ1) is 8.00. The van der Waals surface area contributed by atoms with Crippen LogP contribution in [0.25, 0.3) is 0 Å². The molecule has 1 aromatic carbocycles. The van der Waals surface area contributed by atoms with Crippen molar-refractivity contribution in [2.75, 3.05) is 17.6 Å². The van der Waals surface area contributed by atoms with E-state index in [9.17, 15) is 8.42 Å². The number of fused-ring (bicyclic) bond motifs is 1. The molecule has 17 heavy (non-hydrogen) atoms. The Labute approximate surface area is 103 Å². The maximum atomic E-state index is 12.0. The minimum absolute atomic E-state index is 0.139. The number of nitrogens with one attached hydrogen (secondary N) is 1. The first-order valence-corrected chi connectivity index (χ1v) is 7.76. The fraction of sp³-hybridized carbons (Fsp3) is 0.538. The standard InChI is InChI=1S/C13H19NO2S/c1-10(2)17(15,16)9-11-7-8-14-13-6-4-3-5-12(11)13/h3-6,10-11,14H,7-9H2,1-2H3. The number of hydrogen-bond donors (Lipinski definition) is 1. The third kappa shape index (κ3) is 2.63. The van der Waals surface area contributed by atoms with Crippen molar-refractivity contribution < 1.29 is 8.42 Å². The van der Waals surface area contributed by atoms with Gasteiger partial charge in [0.05, 0.1) is 11.0 Å². The average Bonchev–Trinajstić information content (AvgIpc) is 2.29. The van der Waals surface area contributed by atoms with E-state index in [0.717, 1.165) is 24.2 Å². The monoisotopic (exact) mass is 253 g/mol. The van der Waals surface area contributed by atoms with Crippen LogP contribution in [0.4, 0.5) is 5.69 Å². The lowest BCUT2D eigenvalue weighted by Gasteiger charge is -2.27. The van der Waals surface area contributed by atoms with Crippen molar-refractivity contribution in [3.05, 3.63) is 29.8 Å². The Hall–Kier alpha value is -1.03. The molecule has 0 fully saturated rings. The lowest BCUT2D eigenvalue weighted by Crippen LogP contribution is -2.26. The topological polar surface area (TPSA) is 46.2 Å². The Balaban J connectivity index is 2.25. The van der Waals surface area contributed by atoms with E-state index in [1.165, 1.54) is 0 Å². The highest BCUT2D eigenvalue weighted by Crippen LogP contribution is 2.32. The van der Waals surface area contributed by atoms with Gasteiger partial charge in [0, 0.05) is 18.2 Å². The largest absolute Gasteiger partial charge is 0.385 e. The smallest absolute Gasteiger partial charge is 0.153 e. The Morgan fingerprint density at radius 1 is 1.35 bits per heavy atom. The van der Waals surface area contributed by atoms with Crippen molar-refractivity contribution in [3.63, 3.8) is 0 Å². The van der Waals surface area contributed by atoms with Crippen molar-refractivity contribution >= 4 is 15.5 Å². The fourth-order valence-electron chi connectivity index (χ4n) is 2.20. The van der Waals surface area contributed by atoms with E-state index in [4.69, 9.17) is 0 Å². The number of rotatable bonds is 3. The first kappa shape index (κ1) is 12.4. The predicted molar refractivity (Wildman–Crippen MR) is 71.2 cm³/mol. The highest BCUT2D eigenvalue weighted by atomic mass is 32.2. The van der Waals surface area contributed by atoms with Gasteiger partial charge in [-0.2, -0.15) is 0 Å². The molecule has 0 aromatic heterocycles. The summed E-state index contributed by atoms with van der Waals surface area (Å²) >= 11 is 0. The Morgan fingerprint density at radius 2 is 2.06 bits per heavy atom. The molecule has 3 nitrogen and oxygen atoms in total. The minimum Gasteiger partial charge on any atom is -0.385 e. The van der Waals surface area contributed by atoms with Crippen LogP contribution in [0.2, 0.25) is 0 Å². The minimum atomic E-state index is -2.97. The van der Waals surface area contributed by atoms with Crippen molar-refractivity contribution in [2.24, 2.45) is 0 Å². The first-order valence-electron chi connectivity index (χ1n) is 6.05. The van der Waals surface area contributed by atoms with Crippen molar-refractivity contribution in [1.82, 2.24) is 0 Å². The molecule has 1 unspecified atom stereocenters. The zero-order valence-electron chi connectivity index (χ0n) is 10.3. The van der Waals surface area contributed by atoms with E-state index in [1.807, 2.05) is 24.3 Å². The molecule has 0 radical (unpaired) electrons. The van der Waals surface area contributed by atoms with E-state index < -0.39 is 9.84 Å². The fourth-order valence-corrected chi connectivity index (χ4v) is 3.49. The normalized spacial score (nSPS) is 19.8. The van der Waals surface area contributed by atoms with Crippen LogP contribution in [0.5, 0.6) is 0 Å². The van der Waals surface area contributed by atoms with Gasteiger partial charge in [-0.05, 0) is 31.9 Å². The van der Waals surface area contributed by atoms with Gasteiger partial charge in [-0.25, -0.2) is 8.42 Å². The molecule has 1 N–H and O–H groups in total. The van der Waals surface area contributed by atoms with Crippen molar-refractivity contribution in [1.29, 1.82) is 0 Å². The molecule has 2 rings (SSSR count). The Bertz CT molecular complexity index is 494. The van der Waals surface area contributed by atoms with Gasteiger partial charge in [-0.1, -0.05) is 18.2 Å². The van der Waals surface area contributed by atoms with Gasteiger partial charge in [0.2, 0.25) is 0 Å². The molecule has 94 valence electrons. The molecule has 1 heterocycles. The van der Waals surface area contributed by atoms with Gasteiger partial charge in [0.1, 0.15) is 0 Å². The summed E-state index contributed by atoms with van der Waals surface area (Å²) in [6.07, 6.45) is 0.892. The molecule has 1 atom stereocenters. The molecule has 0 aliphatic carbocycles. The van der Waals surface area contributed by atoms with Gasteiger partial charge in [0.25, 0.3) is 0 Å². The summed E-state index contributed by atoms with van der Waals surface area (Å²) in [6.45, 7) is 4.36. The maximum absolute atomic E-state index is 12.0. The Morgan fingerprint density at radius 3 is 2.76 bits per heavy atom. The third-order valence-corrected chi connectivity index (χ3v) is 5.66. The molecule has 0 spiro atoms. The second-order valence-corrected chi connectivity index (χ2v) is 7.48. The second-order valence-electron chi connectivity index (χ2n) is 4.88. The maximum Gasteiger partial charge on any atom is 0.153 e. The van der Waals surface area contributed by atoms with E-state index in [1.54, 1.807) is 13.8 Å². The van der Waals surface area contributed by atoms with Crippen LogP contribution in [0, 0.1) is 0 Å². The number of sulfone groups is 1. The van der Waals surface area contributed by atoms with Crippen LogP contribution in [-0.4, -0.2) is 26.0 Å². The van der Waals surface area contributed by atoms with Crippen LogP contribution in [-0.2, 0) is 9.84 Å². The van der Waals surface area contributed by atoms with E-state index in [2.05, 4.69) is 5.32 Å². The van der Waals surface area contributed by atoms with Gasteiger partial charge in [-0.3, -0.25) is 0 Å². The predicted octanol–water partition coefficient (Wildman–Crippen LogP) is 2.41. The van der Waals surface area contributed by atoms with Crippen molar-refractivity contribution in [2.45, 2.75) is 31.4 Å². The number of anilines is 1. The van der Waals surface area contributed by atoms with Gasteiger partial charge in [-0.15, -0.1) is 0 Å².